The van der Waals surface area contributed by atoms with Crippen LogP contribution in [-0.4, -0.2) is 39.9 Å². The lowest BCUT2D eigenvalue weighted by Crippen LogP contribution is -1.97. The standard InChI is InChI=1S/3C29H22N2.C23H18N2/c1-21-10-8-9-15-26(21)29-30-27(24-13-6-3-7-14-24)20-28(31-29)25-18-16-23(17-19-25)22-11-4-2-5-12-22;1-21-9-8-14-26(19-21)29-30-27(24-12-6-3-7-13-24)20-28(31-29)25-17-15-23(16-18-25)22-10-4-2-5-11-22;1-21-12-14-26(15-13-21)29-30-27(24-10-6-3-7-11-24)20-28(31-29)25-18-16-23(17-19-25)22-8-4-2-5-9-22;1-17-24-22(20-10-6-3-7-11-20)16-23(25-17)21-14-12-19(13-15-21)18-8-4-2-5-9-18/h3*2-20H,1H3;2-16H,1H3. The van der Waals surface area contributed by atoms with Crippen LogP contribution in [0.2, 0.25) is 0 Å². The number of hydrogen-bond acceptors (Lipinski definition) is 8. The maximum atomic E-state index is 4.95. The lowest BCUT2D eigenvalue weighted by Gasteiger charge is -2.11. The van der Waals surface area contributed by atoms with E-state index in [0.29, 0.717) is 0 Å². The first-order valence-electron chi connectivity index (χ1n) is 39.7. The Kier molecular flexibility index (Phi) is 24.1. The van der Waals surface area contributed by atoms with E-state index >= 15 is 0 Å². The van der Waals surface area contributed by atoms with Gasteiger partial charge in [-0.05, 0) is 108 Å². The molecule has 0 aliphatic carbocycles. The number of benzene rings is 15. The molecule has 0 radical (unpaired) electrons. The van der Waals surface area contributed by atoms with E-state index in [1.165, 1.54) is 55.6 Å². The minimum absolute atomic E-state index is 0.739. The van der Waals surface area contributed by atoms with Crippen LogP contribution in [0.4, 0.5) is 0 Å². The van der Waals surface area contributed by atoms with Gasteiger partial charge in [-0.3, -0.25) is 0 Å². The van der Waals surface area contributed by atoms with Crippen molar-refractivity contribution in [2.45, 2.75) is 27.7 Å². The maximum absolute atomic E-state index is 4.95. The van der Waals surface area contributed by atoms with Gasteiger partial charge in [-0.15, -0.1) is 0 Å². The molecule has 564 valence electrons. The second-order valence-corrected chi connectivity index (χ2v) is 28.9. The average Bonchev–Trinajstić information content (AvgIpc) is 0.807. The first-order valence-corrected chi connectivity index (χ1v) is 39.7. The van der Waals surface area contributed by atoms with E-state index in [0.717, 1.165) is 136 Å². The summed E-state index contributed by atoms with van der Waals surface area (Å²) in [5.74, 6) is 3.01. The Balaban J connectivity index is 0.000000118. The Bertz CT molecular complexity index is 6480. The van der Waals surface area contributed by atoms with Crippen LogP contribution in [0.3, 0.4) is 0 Å². The van der Waals surface area contributed by atoms with E-state index in [4.69, 9.17) is 29.9 Å². The van der Waals surface area contributed by atoms with Crippen molar-refractivity contribution in [2.24, 2.45) is 0 Å². The number of aromatic nitrogens is 8. The molecule has 19 rings (SSSR count). The zero-order valence-electron chi connectivity index (χ0n) is 66.1. The van der Waals surface area contributed by atoms with E-state index < -0.39 is 0 Å². The van der Waals surface area contributed by atoms with Crippen molar-refractivity contribution in [1.82, 2.24) is 39.9 Å². The highest BCUT2D eigenvalue weighted by molar-refractivity contribution is 5.80. The first-order chi connectivity index (χ1) is 58.1. The molecule has 15 aromatic carbocycles. The van der Waals surface area contributed by atoms with Crippen LogP contribution in [0.15, 0.2) is 437 Å². The van der Waals surface area contributed by atoms with Crippen molar-refractivity contribution in [3.8, 4) is 169 Å². The predicted octanol–water partition coefficient (Wildman–Crippen LogP) is 28.1. The molecule has 0 aliphatic rings. The highest BCUT2D eigenvalue weighted by atomic mass is 14.9. The third-order valence-corrected chi connectivity index (χ3v) is 20.4. The minimum atomic E-state index is 0.739. The lowest BCUT2D eigenvalue weighted by molar-refractivity contribution is 1.06. The zero-order chi connectivity index (χ0) is 80.2. The molecule has 0 aliphatic heterocycles. The molecule has 0 atom stereocenters. The van der Waals surface area contributed by atoms with E-state index in [-0.39, 0.29) is 0 Å². The van der Waals surface area contributed by atoms with Crippen molar-refractivity contribution >= 4 is 0 Å². The van der Waals surface area contributed by atoms with Gasteiger partial charge >= 0.3 is 0 Å². The second-order valence-electron chi connectivity index (χ2n) is 28.9. The van der Waals surface area contributed by atoms with Crippen molar-refractivity contribution in [1.29, 1.82) is 0 Å². The van der Waals surface area contributed by atoms with Gasteiger partial charge in [-0.25, -0.2) is 39.9 Å². The van der Waals surface area contributed by atoms with Gasteiger partial charge < -0.3 is 0 Å². The molecule has 4 aromatic heterocycles. The Morgan fingerprint density at radius 1 is 0.136 bits per heavy atom. The fourth-order valence-corrected chi connectivity index (χ4v) is 14.1. The molecule has 0 saturated carbocycles. The molecule has 8 heteroatoms. The summed E-state index contributed by atoms with van der Waals surface area (Å²) in [6.45, 7) is 8.22. The molecule has 0 spiro atoms. The smallest absolute Gasteiger partial charge is 0.160 e. The van der Waals surface area contributed by atoms with Crippen molar-refractivity contribution < 1.29 is 0 Å². The largest absolute Gasteiger partial charge is 0.233 e. The molecule has 0 bridgehead atoms. The third kappa shape index (κ3) is 19.3. The number of aryl methyl sites for hydroxylation is 4. The quantitative estimate of drug-likeness (QED) is 0.1000. The summed E-state index contributed by atoms with van der Waals surface area (Å²) in [6, 6.07) is 150. The summed E-state index contributed by atoms with van der Waals surface area (Å²) in [7, 11) is 0. The monoisotopic (exact) mass is 1520 g/mol. The number of rotatable bonds is 15. The molecule has 8 nitrogen and oxygen atoms in total. The molecule has 118 heavy (non-hydrogen) atoms. The highest BCUT2D eigenvalue weighted by Gasteiger charge is 2.17. The lowest BCUT2D eigenvalue weighted by atomic mass is 10.0. The fourth-order valence-electron chi connectivity index (χ4n) is 14.1. The molecule has 0 unspecified atom stereocenters. The molecule has 0 N–H and O–H groups in total. The van der Waals surface area contributed by atoms with Gasteiger partial charge in [-0.2, -0.15) is 0 Å². The average molecular weight is 1520 g/mol. The first kappa shape index (κ1) is 76.6. The summed E-state index contributed by atoms with van der Waals surface area (Å²) in [4.78, 5) is 38.7. The van der Waals surface area contributed by atoms with Gasteiger partial charge in [0.2, 0.25) is 0 Å². The van der Waals surface area contributed by atoms with Gasteiger partial charge in [0.1, 0.15) is 5.82 Å². The summed E-state index contributed by atoms with van der Waals surface area (Å²) >= 11 is 0. The predicted molar refractivity (Wildman–Crippen MR) is 489 cm³/mol. The normalized spacial score (nSPS) is 10.7. The Hall–Kier alpha value is -15.4. The van der Waals surface area contributed by atoms with Gasteiger partial charge in [-0.1, -0.05) is 418 Å². The van der Waals surface area contributed by atoms with Crippen molar-refractivity contribution in [3.63, 3.8) is 0 Å². The topological polar surface area (TPSA) is 103 Å². The van der Waals surface area contributed by atoms with Crippen LogP contribution in [0.1, 0.15) is 22.5 Å². The van der Waals surface area contributed by atoms with Crippen LogP contribution in [0.25, 0.3) is 169 Å². The SMILES string of the molecule is Cc1ccc(-c2nc(-c3ccccc3)cc(-c3ccc(-c4ccccc4)cc3)n2)cc1.Cc1cccc(-c2nc(-c3ccccc3)cc(-c3ccc(-c4ccccc4)cc3)n2)c1.Cc1ccccc1-c1nc(-c2ccccc2)cc(-c2ccc(-c3ccccc3)cc2)n1.Cc1nc(-c2ccccc2)cc(-c2ccc(-c3ccccc3)cc2)n1. The second kappa shape index (κ2) is 37.1. The summed E-state index contributed by atoms with van der Waals surface area (Å²) in [6.07, 6.45) is 0. The molecule has 0 fully saturated rings. The Morgan fingerprint density at radius 3 is 0.636 bits per heavy atom. The van der Waals surface area contributed by atoms with E-state index in [2.05, 4.69) is 358 Å². The van der Waals surface area contributed by atoms with Crippen LogP contribution < -0.4 is 0 Å². The number of nitrogens with zero attached hydrogens (tertiary/aromatic N) is 8. The summed E-state index contributed by atoms with van der Waals surface area (Å²) < 4.78 is 0. The zero-order valence-corrected chi connectivity index (χ0v) is 66.1. The van der Waals surface area contributed by atoms with Crippen LogP contribution in [0, 0.1) is 27.7 Å². The molecule has 4 heterocycles. The van der Waals surface area contributed by atoms with Crippen LogP contribution in [-0.2, 0) is 0 Å². The summed E-state index contributed by atoms with van der Waals surface area (Å²) in [5.41, 5.74) is 32.5. The Labute approximate surface area is 691 Å². The van der Waals surface area contributed by atoms with E-state index in [9.17, 15) is 0 Å². The third-order valence-electron chi connectivity index (χ3n) is 20.4. The van der Waals surface area contributed by atoms with E-state index in [1.807, 2.05) is 116 Å². The summed E-state index contributed by atoms with van der Waals surface area (Å²) in [5, 5.41) is 0. The fraction of sp³-hybridized carbons (Fsp3) is 0.0364. The van der Waals surface area contributed by atoms with Crippen LogP contribution >= 0.6 is 0 Å². The highest BCUT2D eigenvalue weighted by Crippen LogP contribution is 2.36. The number of hydrogen-bond donors (Lipinski definition) is 0. The molecule has 0 saturated heterocycles. The maximum Gasteiger partial charge on any atom is 0.160 e. The van der Waals surface area contributed by atoms with Gasteiger partial charge in [0.25, 0.3) is 0 Å². The molecular formula is C110H84N8. The van der Waals surface area contributed by atoms with Gasteiger partial charge in [0.05, 0.1) is 45.6 Å². The Morgan fingerprint density at radius 2 is 0.347 bits per heavy atom. The van der Waals surface area contributed by atoms with Gasteiger partial charge in [0.15, 0.2) is 17.5 Å². The minimum Gasteiger partial charge on any atom is -0.233 e. The van der Waals surface area contributed by atoms with Crippen molar-refractivity contribution in [2.75, 3.05) is 0 Å². The van der Waals surface area contributed by atoms with E-state index in [1.54, 1.807) is 0 Å². The molecule has 0 amide bonds. The molecule has 19 aromatic rings. The molecular weight excluding hydrogens is 1430 g/mol. The van der Waals surface area contributed by atoms with Crippen molar-refractivity contribution in [3.05, 3.63) is 459 Å². The van der Waals surface area contributed by atoms with Crippen LogP contribution in [0.5, 0.6) is 0 Å². The van der Waals surface area contributed by atoms with Gasteiger partial charge in [0, 0.05) is 61.2 Å².